The van der Waals surface area contributed by atoms with Gasteiger partial charge in [-0.15, -0.1) is 0 Å². The molecule has 0 radical (unpaired) electrons. The number of hydrogen-bond acceptors (Lipinski definition) is 0. The molecule has 1 unspecified atom stereocenters. The summed E-state index contributed by atoms with van der Waals surface area (Å²) in [5.74, 6) is 0.733. The zero-order valence-corrected chi connectivity index (χ0v) is 12.4. The van der Waals surface area contributed by atoms with Gasteiger partial charge in [0.05, 0.1) is 0 Å². The minimum absolute atomic E-state index is 0.463. The van der Waals surface area contributed by atoms with Crippen molar-refractivity contribution < 1.29 is 0 Å². The fourth-order valence-corrected chi connectivity index (χ4v) is 3.06. The lowest BCUT2D eigenvalue weighted by atomic mass is 9.91. The van der Waals surface area contributed by atoms with Crippen molar-refractivity contribution in [1.82, 2.24) is 0 Å². The summed E-state index contributed by atoms with van der Waals surface area (Å²) >= 11 is 9.74. The monoisotopic (exact) mass is 302 g/mol. The predicted molar refractivity (Wildman–Crippen MR) is 76.4 cm³/mol. The summed E-state index contributed by atoms with van der Waals surface area (Å²) in [6, 6.07) is 8.19. The molecule has 0 aliphatic heterocycles. The Kier molecular flexibility index (Phi) is 6.45. The van der Waals surface area contributed by atoms with Gasteiger partial charge in [0.1, 0.15) is 0 Å². The molecule has 0 aliphatic rings. The Morgan fingerprint density at radius 3 is 2.00 bits per heavy atom. The Morgan fingerprint density at radius 1 is 1.06 bits per heavy atom. The van der Waals surface area contributed by atoms with Crippen molar-refractivity contribution in [2.45, 2.75) is 44.4 Å². The SMILES string of the molecule is CCCC(CCC)C(Br)c1ccc(Cl)cc1. The van der Waals surface area contributed by atoms with Gasteiger partial charge in [-0.05, 0) is 36.5 Å². The number of rotatable bonds is 6. The van der Waals surface area contributed by atoms with Crippen LogP contribution in [0.25, 0.3) is 0 Å². The summed E-state index contributed by atoms with van der Waals surface area (Å²) in [6.07, 6.45) is 5.07. The Bertz CT molecular complexity index is 288. The van der Waals surface area contributed by atoms with Crippen LogP contribution in [0.1, 0.15) is 49.9 Å². The highest BCUT2D eigenvalue weighted by Gasteiger charge is 2.18. The van der Waals surface area contributed by atoms with Gasteiger partial charge < -0.3 is 0 Å². The number of hydrogen-bond donors (Lipinski definition) is 0. The van der Waals surface area contributed by atoms with Crippen molar-refractivity contribution in [3.8, 4) is 0 Å². The van der Waals surface area contributed by atoms with Crippen molar-refractivity contribution in [1.29, 1.82) is 0 Å². The summed E-state index contributed by atoms with van der Waals surface area (Å²) in [4.78, 5) is 0.463. The zero-order valence-electron chi connectivity index (χ0n) is 10.0. The Morgan fingerprint density at radius 2 is 1.56 bits per heavy atom. The second-order valence-electron chi connectivity index (χ2n) is 4.29. The van der Waals surface area contributed by atoms with E-state index in [9.17, 15) is 0 Å². The Balaban J connectivity index is 2.72. The second kappa shape index (κ2) is 7.34. The van der Waals surface area contributed by atoms with Crippen LogP contribution in [0.5, 0.6) is 0 Å². The van der Waals surface area contributed by atoms with Crippen molar-refractivity contribution >= 4 is 27.5 Å². The summed E-state index contributed by atoms with van der Waals surface area (Å²) in [5.41, 5.74) is 1.34. The minimum Gasteiger partial charge on any atom is -0.0843 e. The summed E-state index contributed by atoms with van der Waals surface area (Å²) in [6.45, 7) is 4.51. The molecule has 0 bridgehead atoms. The molecule has 1 atom stereocenters. The lowest BCUT2D eigenvalue weighted by Gasteiger charge is -2.22. The molecule has 0 heterocycles. The van der Waals surface area contributed by atoms with E-state index < -0.39 is 0 Å². The quantitative estimate of drug-likeness (QED) is 0.566. The molecule has 0 fully saturated rings. The number of halogens is 2. The van der Waals surface area contributed by atoms with Crippen molar-refractivity contribution in [3.63, 3.8) is 0 Å². The first-order valence-corrected chi connectivity index (χ1v) is 7.37. The fourth-order valence-electron chi connectivity index (χ4n) is 2.10. The van der Waals surface area contributed by atoms with Gasteiger partial charge in [-0.25, -0.2) is 0 Å². The topological polar surface area (TPSA) is 0 Å². The molecule has 0 saturated carbocycles. The Hall–Kier alpha value is -0.0100. The third-order valence-electron chi connectivity index (χ3n) is 2.92. The minimum atomic E-state index is 0.463. The smallest absolute Gasteiger partial charge is 0.0423 e. The van der Waals surface area contributed by atoms with Gasteiger partial charge in [0.15, 0.2) is 0 Å². The molecule has 0 spiro atoms. The molecule has 1 rings (SSSR count). The largest absolute Gasteiger partial charge is 0.0843 e. The second-order valence-corrected chi connectivity index (χ2v) is 5.71. The predicted octanol–water partition coefficient (Wildman–Crippen LogP) is 5.99. The van der Waals surface area contributed by atoms with Crippen LogP contribution < -0.4 is 0 Å². The zero-order chi connectivity index (χ0) is 12.0. The van der Waals surface area contributed by atoms with Gasteiger partial charge in [0, 0.05) is 9.85 Å². The summed E-state index contributed by atoms with van der Waals surface area (Å²) in [7, 11) is 0. The fraction of sp³-hybridized carbons (Fsp3) is 0.571. The van der Waals surface area contributed by atoms with Crippen LogP contribution in [0.15, 0.2) is 24.3 Å². The maximum Gasteiger partial charge on any atom is 0.0423 e. The molecule has 16 heavy (non-hydrogen) atoms. The van der Waals surface area contributed by atoms with E-state index in [1.54, 1.807) is 0 Å². The lowest BCUT2D eigenvalue weighted by molar-refractivity contribution is 0.435. The molecule has 90 valence electrons. The van der Waals surface area contributed by atoms with E-state index in [-0.39, 0.29) is 0 Å². The van der Waals surface area contributed by atoms with Gasteiger partial charge in [-0.1, -0.05) is 66.4 Å². The van der Waals surface area contributed by atoms with Gasteiger partial charge >= 0.3 is 0 Å². The lowest BCUT2D eigenvalue weighted by Crippen LogP contribution is -2.07. The van der Waals surface area contributed by atoms with Crippen LogP contribution in [0, 0.1) is 5.92 Å². The molecular weight excluding hydrogens is 284 g/mol. The number of alkyl halides is 1. The average molecular weight is 304 g/mol. The first-order valence-electron chi connectivity index (χ1n) is 6.08. The van der Waals surface area contributed by atoms with Crippen LogP contribution in [-0.4, -0.2) is 0 Å². The van der Waals surface area contributed by atoms with E-state index in [0.29, 0.717) is 4.83 Å². The average Bonchev–Trinajstić information content (AvgIpc) is 2.29. The Labute approximate surface area is 113 Å². The third-order valence-corrected chi connectivity index (χ3v) is 4.45. The normalized spacial score (nSPS) is 13.1. The number of benzene rings is 1. The van der Waals surface area contributed by atoms with Gasteiger partial charge in [-0.3, -0.25) is 0 Å². The molecule has 1 aromatic rings. The molecular formula is C14H20BrCl. The van der Waals surface area contributed by atoms with E-state index in [2.05, 4.69) is 41.9 Å². The molecule has 0 nitrogen and oxygen atoms in total. The summed E-state index contributed by atoms with van der Waals surface area (Å²) in [5, 5.41) is 0.811. The van der Waals surface area contributed by atoms with Crippen molar-refractivity contribution in [2.24, 2.45) is 5.92 Å². The molecule has 0 saturated heterocycles. The van der Waals surface area contributed by atoms with E-state index >= 15 is 0 Å². The van der Waals surface area contributed by atoms with Crippen molar-refractivity contribution in [2.75, 3.05) is 0 Å². The third kappa shape index (κ3) is 4.10. The highest BCUT2D eigenvalue weighted by molar-refractivity contribution is 9.09. The summed E-state index contributed by atoms with van der Waals surface area (Å²) < 4.78 is 0. The van der Waals surface area contributed by atoms with E-state index in [0.717, 1.165) is 10.9 Å². The molecule has 0 N–H and O–H groups in total. The van der Waals surface area contributed by atoms with Crippen molar-refractivity contribution in [3.05, 3.63) is 34.9 Å². The van der Waals surface area contributed by atoms with E-state index in [1.165, 1.54) is 31.2 Å². The molecule has 1 aromatic carbocycles. The van der Waals surface area contributed by atoms with Gasteiger partial charge in [0.25, 0.3) is 0 Å². The van der Waals surface area contributed by atoms with Crippen LogP contribution in [-0.2, 0) is 0 Å². The van der Waals surface area contributed by atoms with Crippen LogP contribution in [0.4, 0.5) is 0 Å². The van der Waals surface area contributed by atoms with E-state index in [4.69, 9.17) is 11.6 Å². The molecule has 0 aromatic heterocycles. The molecule has 0 amide bonds. The van der Waals surface area contributed by atoms with Gasteiger partial charge in [0.2, 0.25) is 0 Å². The van der Waals surface area contributed by atoms with Crippen LogP contribution >= 0.6 is 27.5 Å². The van der Waals surface area contributed by atoms with E-state index in [1.807, 2.05) is 12.1 Å². The van der Waals surface area contributed by atoms with Gasteiger partial charge in [-0.2, -0.15) is 0 Å². The highest BCUT2D eigenvalue weighted by atomic mass is 79.9. The molecule has 2 heteroatoms. The molecule has 0 aliphatic carbocycles. The highest BCUT2D eigenvalue weighted by Crippen LogP contribution is 2.36. The van der Waals surface area contributed by atoms with Crippen LogP contribution in [0.3, 0.4) is 0 Å². The maximum absolute atomic E-state index is 5.90. The maximum atomic E-state index is 5.90. The first kappa shape index (κ1) is 14.1. The first-order chi connectivity index (χ1) is 7.69. The van der Waals surface area contributed by atoms with Crippen LogP contribution in [0.2, 0.25) is 5.02 Å². The standard InChI is InChI=1S/C14H20BrCl/c1-3-5-11(6-4-2)14(15)12-7-9-13(16)10-8-12/h7-11,14H,3-6H2,1-2H3.